The Hall–Kier alpha value is -3.05. The molecule has 1 aliphatic rings. The Morgan fingerprint density at radius 2 is 1.77 bits per heavy atom. The van der Waals surface area contributed by atoms with Crippen molar-refractivity contribution in [1.82, 2.24) is 24.1 Å². The lowest BCUT2D eigenvalue weighted by atomic mass is 10.3. The minimum Gasteiger partial charge on any atom is -0.494 e. The summed E-state index contributed by atoms with van der Waals surface area (Å²) in [4.78, 5) is 10.5. The fraction of sp³-hybridized carbons (Fsp3) is 0.316. The van der Waals surface area contributed by atoms with Crippen molar-refractivity contribution in [2.75, 3.05) is 38.2 Å². The van der Waals surface area contributed by atoms with Crippen LogP contribution in [-0.4, -0.2) is 65.8 Å². The van der Waals surface area contributed by atoms with Crippen LogP contribution >= 0.6 is 0 Å². The number of piperazine rings is 1. The van der Waals surface area contributed by atoms with Gasteiger partial charge in [-0.1, -0.05) is 0 Å². The van der Waals surface area contributed by atoms with Crippen LogP contribution in [0.25, 0.3) is 5.82 Å². The van der Waals surface area contributed by atoms with E-state index in [0.29, 0.717) is 24.7 Å². The van der Waals surface area contributed by atoms with Gasteiger partial charge in [-0.15, -0.1) is 0 Å². The number of aromatic nitrogens is 4. The molecule has 0 amide bonds. The summed E-state index contributed by atoms with van der Waals surface area (Å²) in [6.07, 6.45) is 3.28. The number of hydrogen-bond donors (Lipinski definition) is 0. The fourth-order valence-corrected chi connectivity index (χ4v) is 4.73. The van der Waals surface area contributed by atoms with Crippen LogP contribution in [0.1, 0.15) is 5.69 Å². The van der Waals surface area contributed by atoms with Gasteiger partial charge in [0.25, 0.3) is 0 Å². The third-order valence-electron chi connectivity index (χ3n) is 4.92. The molecule has 0 unspecified atom stereocenters. The lowest BCUT2D eigenvalue weighted by Crippen LogP contribution is -2.49. The number of sulfonamides is 1. The number of nitrogens with zero attached hydrogens (tertiary/aromatic N) is 6. The highest BCUT2D eigenvalue weighted by Gasteiger charge is 2.29. The Morgan fingerprint density at radius 3 is 2.40 bits per heavy atom. The highest BCUT2D eigenvalue weighted by Crippen LogP contribution is 2.25. The van der Waals surface area contributed by atoms with Crippen molar-refractivity contribution < 1.29 is 17.5 Å². The molecule has 9 nitrogen and oxygen atoms in total. The molecule has 2 aromatic heterocycles. The summed E-state index contributed by atoms with van der Waals surface area (Å²) in [5.74, 6) is 0.628. The highest BCUT2D eigenvalue weighted by atomic mass is 32.2. The fourth-order valence-electron chi connectivity index (χ4n) is 3.29. The van der Waals surface area contributed by atoms with Crippen LogP contribution in [0.5, 0.6) is 5.75 Å². The first-order chi connectivity index (χ1) is 14.4. The molecule has 0 N–H and O–H groups in total. The number of benzene rings is 1. The van der Waals surface area contributed by atoms with Gasteiger partial charge >= 0.3 is 0 Å². The molecule has 11 heteroatoms. The van der Waals surface area contributed by atoms with Crippen molar-refractivity contribution in [2.45, 2.75) is 11.8 Å². The molecule has 3 heterocycles. The number of halogens is 1. The monoisotopic (exact) mass is 432 g/mol. The van der Waals surface area contributed by atoms with Gasteiger partial charge in [0.05, 0.1) is 17.7 Å². The molecule has 30 heavy (non-hydrogen) atoms. The van der Waals surface area contributed by atoms with Gasteiger partial charge in [0.15, 0.2) is 17.4 Å². The van der Waals surface area contributed by atoms with E-state index in [1.54, 1.807) is 4.68 Å². The second kappa shape index (κ2) is 8.00. The van der Waals surface area contributed by atoms with Gasteiger partial charge < -0.3 is 9.64 Å². The predicted molar refractivity (Wildman–Crippen MR) is 108 cm³/mol. The van der Waals surface area contributed by atoms with E-state index in [1.165, 1.54) is 29.9 Å². The summed E-state index contributed by atoms with van der Waals surface area (Å²) in [5.41, 5.74) is 0.879. The van der Waals surface area contributed by atoms with Gasteiger partial charge in [-0.25, -0.2) is 27.5 Å². The first-order valence-electron chi connectivity index (χ1n) is 9.32. The Bertz CT molecular complexity index is 1160. The quantitative estimate of drug-likeness (QED) is 0.605. The van der Waals surface area contributed by atoms with Crippen molar-refractivity contribution in [3.63, 3.8) is 0 Å². The zero-order valence-corrected chi connectivity index (χ0v) is 17.4. The van der Waals surface area contributed by atoms with Gasteiger partial charge in [-0.05, 0) is 31.2 Å². The van der Waals surface area contributed by atoms with Crippen LogP contribution in [0.4, 0.5) is 10.2 Å². The smallest absolute Gasteiger partial charge is 0.243 e. The normalized spacial score (nSPS) is 15.4. The summed E-state index contributed by atoms with van der Waals surface area (Å²) in [7, 11) is -2.47. The number of hydrogen-bond acceptors (Lipinski definition) is 7. The zero-order chi connectivity index (χ0) is 21.3. The first kappa shape index (κ1) is 20.2. The topological polar surface area (TPSA) is 93.5 Å². The molecule has 1 aromatic carbocycles. The van der Waals surface area contributed by atoms with Crippen molar-refractivity contribution in [2.24, 2.45) is 0 Å². The Morgan fingerprint density at radius 1 is 1.03 bits per heavy atom. The van der Waals surface area contributed by atoms with Crippen LogP contribution in [0.15, 0.2) is 47.8 Å². The lowest BCUT2D eigenvalue weighted by molar-refractivity contribution is 0.379. The second-order valence-electron chi connectivity index (χ2n) is 6.82. The summed E-state index contributed by atoms with van der Waals surface area (Å²) >= 11 is 0. The maximum absolute atomic E-state index is 14.0. The summed E-state index contributed by atoms with van der Waals surface area (Å²) in [5, 5.41) is 4.35. The van der Waals surface area contributed by atoms with Crippen molar-refractivity contribution in [3.05, 3.63) is 54.4 Å². The van der Waals surface area contributed by atoms with Gasteiger partial charge in [0.2, 0.25) is 10.0 Å². The maximum Gasteiger partial charge on any atom is 0.243 e. The van der Waals surface area contributed by atoms with Gasteiger partial charge in [-0.2, -0.15) is 9.40 Å². The van der Waals surface area contributed by atoms with Crippen LogP contribution in [0.2, 0.25) is 0 Å². The molecule has 158 valence electrons. The largest absolute Gasteiger partial charge is 0.494 e. The Kier molecular flexibility index (Phi) is 5.39. The number of methoxy groups -OCH3 is 1. The molecule has 1 saturated heterocycles. The van der Waals surface area contributed by atoms with E-state index in [-0.39, 0.29) is 23.7 Å². The molecule has 0 radical (unpaired) electrons. The first-order valence-corrected chi connectivity index (χ1v) is 10.8. The van der Waals surface area contributed by atoms with E-state index in [9.17, 15) is 12.8 Å². The Balaban J connectivity index is 1.48. The Labute approximate surface area is 173 Å². The van der Waals surface area contributed by atoms with E-state index in [2.05, 4.69) is 15.1 Å². The minimum absolute atomic E-state index is 0.00529. The third kappa shape index (κ3) is 3.85. The van der Waals surface area contributed by atoms with Gasteiger partial charge in [0.1, 0.15) is 12.1 Å². The van der Waals surface area contributed by atoms with Crippen LogP contribution in [-0.2, 0) is 10.0 Å². The number of rotatable bonds is 5. The van der Waals surface area contributed by atoms with Crippen LogP contribution in [0.3, 0.4) is 0 Å². The molecule has 1 fully saturated rings. The highest BCUT2D eigenvalue weighted by molar-refractivity contribution is 7.89. The average molecular weight is 432 g/mol. The van der Waals surface area contributed by atoms with Crippen molar-refractivity contribution in [1.29, 1.82) is 0 Å². The molecule has 1 aliphatic heterocycles. The summed E-state index contributed by atoms with van der Waals surface area (Å²) in [6.45, 7) is 3.32. The lowest BCUT2D eigenvalue weighted by Gasteiger charge is -2.34. The van der Waals surface area contributed by atoms with E-state index in [1.807, 2.05) is 30.2 Å². The van der Waals surface area contributed by atoms with Crippen LogP contribution < -0.4 is 9.64 Å². The number of ether oxygens (including phenoxy) is 1. The van der Waals surface area contributed by atoms with E-state index >= 15 is 0 Å². The van der Waals surface area contributed by atoms with Crippen LogP contribution in [0, 0.1) is 12.7 Å². The predicted octanol–water partition coefficient (Wildman–Crippen LogP) is 1.63. The average Bonchev–Trinajstić information content (AvgIpc) is 3.20. The number of aryl methyl sites for hydroxylation is 1. The molecule has 0 spiro atoms. The molecule has 0 bridgehead atoms. The summed E-state index contributed by atoms with van der Waals surface area (Å²) in [6, 6.07) is 7.36. The molecule has 0 atom stereocenters. The SMILES string of the molecule is COc1ccc(S(=O)(=O)N2CCN(c3cc(-n4ccc(C)n4)ncn3)CC2)cc1F. The van der Waals surface area contributed by atoms with E-state index in [4.69, 9.17) is 4.74 Å². The number of anilines is 1. The van der Waals surface area contributed by atoms with Crippen molar-refractivity contribution >= 4 is 15.8 Å². The minimum atomic E-state index is -3.80. The van der Waals surface area contributed by atoms with Gasteiger partial charge in [-0.3, -0.25) is 0 Å². The third-order valence-corrected chi connectivity index (χ3v) is 6.81. The molecule has 0 aliphatic carbocycles. The molecule has 4 rings (SSSR count). The second-order valence-corrected chi connectivity index (χ2v) is 8.76. The van der Waals surface area contributed by atoms with E-state index in [0.717, 1.165) is 11.8 Å². The molecule has 0 saturated carbocycles. The maximum atomic E-state index is 14.0. The summed E-state index contributed by atoms with van der Waals surface area (Å²) < 4.78 is 47.6. The van der Waals surface area contributed by atoms with E-state index < -0.39 is 15.8 Å². The van der Waals surface area contributed by atoms with Crippen molar-refractivity contribution in [3.8, 4) is 11.6 Å². The molecule has 3 aromatic rings. The molecular formula is C19H21FN6O3S. The standard InChI is InChI=1S/C19H21FN6O3S/c1-14-5-6-26(23-14)19-12-18(21-13-22-19)24-7-9-25(10-8-24)30(27,28)15-3-4-17(29-2)16(20)11-15/h3-6,11-13H,7-10H2,1-2H3. The van der Waals surface area contributed by atoms with Gasteiger partial charge in [0, 0.05) is 38.4 Å². The molecular weight excluding hydrogens is 411 g/mol. The zero-order valence-electron chi connectivity index (χ0n) is 16.6.